The van der Waals surface area contributed by atoms with E-state index in [1.165, 1.54) is 5.39 Å². The Hall–Kier alpha value is -1.57. The highest BCUT2D eigenvalue weighted by Crippen LogP contribution is 2.21. The Morgan fingerprint density at radius 2 is 2.07 bits per heavy atom. The minimum atomic E-state index is 0.742. The molecule has 0 aliphatic heterocycles. The fourth-order valence-corrected chi connectivity index (χ4v) is 1.57. The number of aryl methyl sites for hydroxylation is 1. The number of pyridine rings is 1. The first-order valence-electron chi connectivity index (χ1n) is 4.77. The van der Waals surface area contributed by atoms with Gasteiger partial charge < -0.3 is 4.74 Å². The Labute approximate surface area is 83.5 Å². The van der Waals surface area contributed by atoms with Crippen molar-refractivity contribution in [3.05, 3.63) is 35.9 Å². The van der Waals surface area contributed by atoms with Gasteiger partial charge in [0, 0.05) is 10.9 Å². The van der Waals surface area contributed by atoms with Crippen LogP contribution in [0.4, 0.5) is 0 Å². The third-order valence-corrected chi connectivity index (χ3v) is 2.34. The van der Waals surface area contributed by atoms with Crippen molar-refractivity contribution in [1.82, 2.24) is 4.98 Å². The molecule has 0 spiro atoms. The van der Waals surface area contributed by atoms with Gasteiger partial charge in [-0.15, -0.1) is 0 Å². The van der Waals surface area contributed by atoms with Gasteiger partial charge in [0.1, 0.15) is 0 Å². The second kappa shape index (κ2) is 3.66. The minimum absolute atomic E-state index is 0.742. The van der Waals surface area contributed by atoms with Crippen LogP contribution in [0, 0.1) is 0 Å². The van der Waals surface area contributed by atoms with E-state index in [4.69, 9.17) is 4.74 Å². The number of hydrogen-bond acceptors (Lipinski definition) is 2. The maximum Gasteiger partial charge on any atom is 0.216 e. The summed E-state index contributed by atoms with van der Waals surface area (Å²) in [5, 5.41) is 1.17. The van der Waals surface area contributed by atoms with E-state index in [1.807, 2.05) is 18.2 Å². The van der Waals surface area contributed by atoms with Crippen LogP contribution in [0.3, 0.4) is 0 Å². The first-order chi connectivity index (χ1) is 6.85. The highest BCUT2D eigenvalue weighted by molar-refractivity contribution is 5.79. The summed E-state index contributed by atoms with van der Waals surface area (Å²) in [5.41, 5.74) is 2.15. The Morgan fingerprint density at radius 3 is 2.79 bits per heavy atom. The van der Waals surface area contributed by atoms with Gasteiger partial charge in [-0.05, 0) is 18.6 Å². The van der Waals surface area contributed by atoms with Crippen LogP contribution in [0.5, 0.6) is 5.88 Å². The quantitative estimate of drug-likeness (QED) is 0.721. The summed E-state index contributed by atoms with van der Waals surface area (Å²) in [5.74, 6) is 0.742. The average Bonchev–Trinajstić information content (AvgIpc) is 2.27. The van der Waals surface area contributed by atoms with Gasteiger partial charge in [-0.1, -0.05) is 25.1 Å². The highest BCUT2D eigenvalue weighted by Gasteiger charge is 2.04. The molecule has 14 heavy (non-hydrogen) atoms. The molecule has 0 aliphatic rings. The van der Waals surface area contributed by atoms with Crippen LogP contribution < -0.4 is 4.74 Å². The zero-order chi connectivity index (χ0) is 9.97. The fourth-order valence-electron chi connectivity index (χ4n) is 1.57. The number of rotatable bonds is 2. The molecule has 2 heteroatoms. The third kappa shape index (κ3) is 1.43. The fraction of sp³-hybridized carbons (Fsp3) is 0.250. The van der Waals surface area contributed by atoms with Crippen molar-refractivity contribution in [2.75, 3.05) is 7.11 Å². The number of hydrogen-bond donors (Lipinski definition) is 0. The van der Waals surface area contributed by atoms with Crippen molar-refractivity contribution < 1.29 is 4.74 Å². The molecule has 1 aromatic heterocycles. The molecule has 0 saturated carbocycles. The zero-order valence-electron chi connectivity index (χ0n) is 8.45. The van der Waals surface area contributed by atoms with E-state index < -0.39 is 0 Å². The summed E-state index contributed by atoms with van der Waals surface area (Å²) in [6, 6.07) is 10.2. The predicted octanol–water partition coefficient (Wildman–Crippen LogP) is 2.81. The summed E-state index contributed by atoms with van der Waals surface area (Å²) in [6.45, 7) is 2.11. The Balaban J connectivity index is 2.69. The summed E-state index contributed by atoms with van der Waals surface area (Å²) in [6.07, 6.45) is 0.945. The van der Waals surface area contributed by atoms with Crippen molar-refractivity contribution in [3.63, 3.8) is 0 Å². The van der Waals surface area contributed by atoms with Crippen LogP contribution in [0.15, 0.2) is 30.3 Å². The van der Waals surface area contributed by atoms with Crippen molar-refractivity contribution in [2.45, 2.75) is 13.3 Å². The number of para-hydroxylation sites is 1. The zero-order valence-corrected chi connectivity index (χ0v) is 8.45. The molecule has 2 rings (SSSR count). The second-order valence-electron chi connectivity index (χ2n) is 3.20. The van der Waals surface area contributed by atoms with Crippen LogP contribution in [-0.4, -0.2) is 12.1 Å². The molecule has 2 nitrogen and oxygen atoms in total. The van der Waals surface area contributed by atoms with Crippen molar-refractivity contribution in [3.8, 4) is 5.88 Å². The number of aromatic nitrogens is 1. The SMILES string of the molecule is CCc1cc2ccccc2nc1OC. The van der Waals surface area contributed by atoms with Gasteiger partial charge in [0.2, 0.25) is 5.88 Å². The molecular formula is C12H13NO. The van der Waals surface area contributed by atoms with E-state index in [1.54, 1.807) is 7.11 Å². The Bertz CT molecular complexity index is 409. The number of ether oxygens (including phenoxy) is 1. The van der Waals surface area contributed by atoms with E-state index in [-0.39, 0.29) is 0 Å². The maximum atomic E-state index is 5.23. The molecule has 0 N–H and O–H groups in total. The van der Waals surface area contributed by atoms with E-state index >= 15 is 0 Å². The topological polar surface area (TPSA) is 22.1 Å². The third-order valence-electron chi connectivity index (χ3n) is 2.34. The molecule has 1 heterocycles. The van der Waals surface area contributed by atoms with Crippen molar-refractivity contribution in [2.24, 2.45) is 0 Å². The molecule has 0 saturated heterocycles. The lowest BCUT2D eigenvalue weighted by atomic mass is 10.1. The number of nitrogens with zero attached hydrogens (tertiary/aromatic N) is 1. The lowest BCUT2D eigenvalue weighted by molar-refractivity contribution is 0.395. The van der Waals surface area contributed by atoms with Gasteiger partial charge in [-0.2, -0.15) is 0 Å². The van der Waals surface area contributed by atoms with Gasteiger partial charge in [-0.3, -0.25) is 0 Å². The normalized spacial score (nSPS) is 10.4. The Morgan fingerprint density at radius 1 is 1.29 bits per heavy atom. The predicted molar refractivity (Wildman–Crippen MR) is 57.7 cm³/mol. The van der Waals surface area contributed by atoms with Crippen LogP contribution in [-0.2, 0) is 6.42 Å². The van der Waals surface area contributed by atoms with Crippen molar-refractivity contribution >= 4 is 10.9 Å². The lowest BCUT2D eigenvalue weighted by Crippen LogP contribution is -1.94. The Kier molecular flexibility index (Phi) is 2.35. The first kappa shape index (κ1) is 9.00. The van der Waals surface area contributed by atoms with E-state index in [0.29, 0.717) is 0 Å². The monoisotopic (exact) mass is 187 g/mol. The molecule has 0 radical (unpaired) electrons. The van der Waals surface area contributed by atoms with Crippen LogP contribution in [0.25, 0.3) is 10.9 Å². The van der Waals surface area contributed by atoms with Gasteiger partial charge in [0.15, 0.2) is 0 Å². The number of benzene rings is 1. The minimum Gasteiger partial charge on any atom is -0.481 e. The molecule has 0 unspecified atom stereocenters. The first-order valence-corrected chi connectivity index (χ1v) is 4.77. The maximum absolute atomic E-state index is 5.23. The molecule has 2 aromatic rings. The molecule has 0 amide bonds. The van der Waals surface area contributed by atoms with Gasteiger partial charge >= 0.3 is 0 Å². The lowest BCUT2D eigenvalue weighted by Gasteiger charge is -2.06. The van der Waals surface area contributed by atoms with Crippen LogP contribution >= 0.6 is 0 Å². The summed E-state index contributed by atoms with van der Waals surface area (Å²) >= 11 is 0. The van der Waals surface area contributed by atoms with Crippen molar-refractivity contribution in [1.29, 1.82) is 0 Å². The highest BCUT2D eigenvalue weighted by atomic mass is 16.5. The van der Waals surface area contributed by atoms with E-state index in [0.717, 1.165) is 23.4 Å². The van der Waals surface area contributed by atoms with E-state index in [2.05, 4.69) is 24.0 Å². The molecule has 0 bridgehead atoms. The number of methoxy groups -OCH3 is 1. The largest absolute Gasteiger partial charge is 0.481 e. The van der Waals surface area contributed by atoms with E-state index in [9.17, 15) is 0 Å². The standard InChI is InChI=1S/C12H13NO/c1-3-9-8-10-6-4-5-7-11(10)13-12(9)14-2/h4-8H,3H2,1-2H3. The van der Waals surface area contributed by atoms with Gasteiger partial charge in [0.05, 0.1) is 12.6 Å². The van der Waals surface area contributed by atoms with Crippen LogP contribution in [0.2, 0.25) is 0 Å². The smallest absolute Gasteiger partial charge is 0.216 e. The molecule has 1 aromatic carbocycles. The molecular weight excluding hydrogens is 174 g/mol. The molecule has 0 atom stereocenters. The molecule has 0 fully saturated rings. The summed E-state index contributed by atoms with van der Waals surface area (Å²) in [7, 11) is 1.66. The van der Waals surface area contributed by atoms with Crippen LogP contribution in [0.1, 0.15) is 12.5 Å². The second-order valence-corrected chi connectivity index (χ2v) is 3.20. The van der Waals surface area contributed by atoms with Gasteiger partial charge in [0.25, 0.3) is 0 Å². The van der Waals surface area contributed by atoms with Gasteiger partial charge in [-0.25, -0.2) is 4.98 Å². The molecule has 0 aliphatic carbocycles. The average molecular weight is 187 g/mol. The summed E-state index contributed by atoms with van der Waals surface area (Å²) < 4.78 is 5.23. The number of fused-ring (bicyclic) bond motifs is 1. The summed E-state index contributed by atoms with van der Waals surface area (Å²) in [4.78, 5) is 4.44. The molecule has 72 valence electrons.